The summed E-state index contributed by atoms with van der Waals surface area (Å²) in [5.41, 5.74) is 0. The Balaban J connectivity index is 2.53. The van der Waals surface area contributed by atoms with Crippen LogP contribution in [0.3, 0.4) is 0 Å². The Morgan fingerprint density at radius 2 is 2.09 bits per heavy atom. The third-order valence-corrected chi connectivity index (χ3v) is 0.854. The van der Waals surface area contributed by atoms with Crippen molar-refractivity contribution in [3.8, 4) is 0 Å². The molecule has 0 bridgehead atoms. The maximum atomic E-state index is 11.5. The highest BCUT2D eigenvalue weighted by Gasteiger charge is 2.33. The van der Waals surface area contributed by atoms with Gasteiger partial charge in [-0.05, 0) is 6.92 Å². The molecule has 61 valence electrons. The topological polar surface area (TPSA) is 35.7 Å². The summed E-state index contributed by atoms with van der Waals surface area (Å²) in [6.07, 6.45) is -3.77. The van der Waals surface area contributed by atoms with E-state index >= 15 is 0 Å². The van der Waals surface area contributed by atoms with E-state index in [0.717, 1.165) is 6.20 Å². The van der Waals surface area contributed by atoms with Crippen LogP contribution < -0.4 is 5.32 Å². The number of nitrogens with zero attached hydrogens (tertiary/aromatic N) is 2. The monoisotopic (exact) mass is 165 g/mol. The molecule has 0 saturated carbocycles. The Bertz CT molecular complexity index is 218. The molecule has 0 fully saturated rings. The number of hydrogen-bond acceptors (Lipinski definition) is 2. The molecular formula is C5H4F3N2O. The second-order valence-electron chi connectivity index (χ2n) is 1.80. The van der Waals surface area contributed by atoms with Gasteiger partial charge >= 0.3 is 6.36 Å². The van der Waals surface area contributed by atoms with Crippen LogP contribution in [0.25, 0.3) is 0 Å². The standard InChI is InChI=1S/C5H4F3N2O/c1-3-9-2-4(10-3)11-5(6,7)8/h2H,1H3. The second-order valence-corrected chi connectivity index (χ2v) is 1.80. The van der Waals surface area contributed by atoms with E-state index in [9.17, 15) is 13.2 Å². The summed E-state index contributed by atoms with van der Waals surface area (Å²) in [7, 11) is 0. The zero-order valence-electron chi connectivity index (χ0n) is 5.51. The first kappa shape index (κ1) is 7.90. The van der Waals surface area contributed by atoms with E-state index in [-0.39, 0.29) is 5.84 Å². The fourth-order valence-electron chi connectivity index (χ4n) is 0.534. The van der Waals surface area contributed by atoms with Gasteiger partial charge in [-0.2, -0.15) is 4.99 Å². The number of alkyl halides is 3. The summed E-state index contributed by atoms with van der Waals surface area (Å²) < 4.78 is 37.8. The van der Waals surface area contributed by atoms with Crippen molar-refractivity contribution in [2.24, 2.45) is 4.99 Å². The molecule has 0 saturated heterocycles. The molecule has 1 heterocycles. The molecule has 1 radical (unpaired) electrons. The molecule has 0 N–H and O–H groups in total. The smallest absolute Gasteiger partial charge is 0.386 e. The van der Waals surface area contributed by atoms with Crippen LogP contribution in [0.5, 0.6) is 0 Å². The summed E-state index contributed by atoms with van der Waals surface area (Å²) in [6, 6.07) is 0. The molecule has 0 aromatic rings. The number of rotatable bonds is 1. The average molecular weight is 165 g/mol. The quantitative estimate of drug-likeness (QED) is 0.577. The van der Waals surface area contributed by atoms with Crippen LogP contribution in [0.4, 0.5) is 13.2 Å². The third-order valence-electron chi connectivity index (χ3n) is 0.854. The fourth-order valence-corrected chi connectivity index (χ4v) is 0.534. The Hall–Kier alpha value is -1.20. The summed E-state index contributed by atoms with van der Waals surface area (Å²) in [5.74, 6) is -0.265. The van der Waals surface area contributed by atoms with Crippen LogP contribution in [-0.4, -0.2) is 12.2 Å². The first-order valence-electron chi connectivity index (χ1n) is 2.69. The maximum Gasteiger partial charge on any atom is 0.574 e. The van der Waals surface area contributed by atoms with E-state index in [2.05, 4.69) is 15.0 Å². The summed E-state index contributed by atoms with van der Waals surface area (Å²) >= 11 is 0. The van der Waals surface area contributed by atoms with Gasteiger partial charge in [0.1, 0.15) is 5.84 Å². The first-order chi connectivity index (χ1) is 4.97. The SMILES string of the molecule is CC1=NC(OC(F)(F)F)=C[N]1. The molecule has 1 rings (SSSR count). The molecule has 0 aromatic heterocycles. The van der Waals surface area contributed by atoms with Crippen molar-refractivity contribution in [2.75, 3.05) is 0 Å². The van der Waals surface area contributed by atoms with Gasteiger partial charge in [-0.3, -0.25) is 0 Å². The second kappa shape index (κ2) is 2.44. The third kappa shape index (κ3) is 2.48. The molecule has 0 unspecified atom stereocenters. The largest absolute Gasteiger partial charge is 0.574 e. The zero-order chi connectivity index (χ0) is 8.48. The lowest BCUT2D eigenvalue weighted by molar-refractivity contribution is -0.305. The predicted octanol–water partition coefficient (Wildman–Crippen LogP) is 1.36. The molecule has 6 heteroatoms. The fraction of sp³-hybridized carbons (Fsp3) is 0.400. The number of halogens is 3. The Morgan fingerprint density at radius 1 is 1.45 bits per heavy atom. The van der Waals surface area contributed by atoms with Crippen LogP contribution in [0.1, 0.15) is 6.92 Å². The minimum atomic E-state index is -4.69. The Labute approximate surface area is 60.6 Å². The summed E-state index contributed by atoms with van der Waals surface area (Å²) in [6.45, 7) is 1.48. The minimum Gasteiger partial charge on any atom is -0.386 e. The lowest BCUT2D eigenvalue weighted by Crippen LogP contribution is -2.11. The zero-order valence-corrected chi connectivity index (χ0v) is 5.51. The number of ether oxygens (including phenoxy) is 1. The van der Waals surface area contributed by atoms with Gasteiger partial charge in [-0.15, -0.1) is 13.2 Å². The highest BCUT2D eigenvalue weighted by molar-refractivity contribution is 5.82. The summed E-state index contributed by atoms with van der Waals surface area (Å²) in [4.78, 5) is 3.34. The molecule has 3 nitrogen and oxygen atoms in total. The average Bonchev–Trinajstić information content (AvgIpc) is 2.10. The maximum absolute atomic E-state index is 11.5. The van der Waals surface area contributed by atoms with E-state index in [1.807, 2.05) is 0 Å². The van der Waals surface area contributed by atoms with E-state index in [1.54, 1.807) is 0 Å². The first-order valence-corrected chi connectivity index (χ1v) is 2.69. The lowest BCUT2D eigenvalue weighted by Gasteiger charge is -2.05. The molecule has 0 aliphatic carbocycles. The predicted molar refractivity (Wildman–Crippen MR) is 30.5 cm³/mol. The molecular weight excluding hydrogens is 161 g/mol. The van der Waals surface area contributed by atoms with Gasteiger partial charge in [0, 0.05) is 0 Å². The van der Waals surface area contributed by atoms with Crippen LogP contribution in [-0.2, 0) is 4.74 Å². The molecule has 0 atom stereocenters. The van der Waals surface area contributed by atoms with Gasteiger partial charge in [0.25, 0.3) is 0 Å². The van der Waals surface area contributed by atoms with Crippen LogP contribution in [0.15, 0.2) is 17.1 Å². The van der Waals surface area contributed by atoms with Crippen molar-refractivity contribution < 1.29 is 17.9 Å². The molecule has 0 aromatic carbocycles. The van der Waals surface area contributed by atoms with Crippen LogP contribution in [0.2, 0.25) is 0 Å². The van der Waals surface area contributed by atoms with E-state index in [4.69, 9.17) is 0 Å². The van der Waals surface area contributed by atoms with Crippen molar-refractivity contribution in [2.45, 2.75) is 13.3 Å². The Morgan fingerprint density at radius 3 is 2.45 bits per heavy atom. The minimum absolute atomic E-state index is 0.254. The van der Waals surface area contributed by atoms with Crippen molar-refractivity contribution in [3.63, 3.8) is 0 Å². The van der Waals surface area contributed by atoms with Crippen molar-refractivity contribution >= 4 is 5.84 Å². The van der Waals surface area contributed by atoms with Gasteiger partial charge in [0.15, 0.2) is 0 Å². The molecule has 0 spiro atoms. The molecule has 0 amide bonds. The highest BCUT2D eigenvalue weighted by atomic mass is 19.4. The van der Waals surface area contributed by atoms with E-state index in [0.29, 0.717) is 0 Å². The van der Waals surface area contributed by atoms with Gasteiger partial charge in [0.05, 0.1) is 6.20 Å². The normalized spacial score (nSPS) is 17.1. The van der Waals surface area contributed by atoms with Gasteiger partial charge in [-0.1, -0.05) is 0 Å². The number of aliphatic imine (C=N–C) groups is 1. The number of amidine groups is 1. The van der Waals surface area contributed by atoms with E-state index in [1.165, 1.54) is 6.92 Å². The number of hydrogen-bond donors (Lipinski definition) is 0. The van der Waals surface area contributed by atoms with Crippen molar-refractivity contribution in [1.29, 1.82) is 0 Å². The molecule has 11 heavy (non-hydrogen) atoms. The van der Waals surface area contributed by atoms with Gasteiger partial charge < -0.3 is 4.74 Å². The van der Waals surface area contributed by atoms with Crippen LogP contribution in [0, 0.1) is 0 Å². The Kier molecular flexibility index (Phi) is 1.76. The van der Waals surface area contributed by atoms with Crippen LogP contribution >= 0.6 is 0 Å². The van der Waals surface area contributed by atoms with E-state index < -0.39 is 12.2 Å². The molecule has 1 aliphatic rings. The van der Waals surface area contributed by atoms with Crippen molar-refractivity contribution in [1.82, 2.24) is 5.32 Å². The van der Waals surface area contributed by atoms with Crippen molar-refractivity contribution in [3.05, 3.63) is 12.1 Å². The van der Waals surface area contributed by atoms with Gasteiger partial charge in [0.2, 0.25) is 5.88 Å². The van der Waals surface area contributed by atoms with Gasteiger partial charge in [-0.25, -0.2) is 5.32 Å². The summed E-state index contributed by atoms with van der Waals surface area (Å²) in [5, 5.41) is 3.46. The highest BCUT2D eigenvalue weighted by Crippen LogP contribution is 2.22. The molecule has 1 aliphatic heterocycles. The lowest BCUT2D eigenvalue weighted by atomic mass is 10.7.